The van der Waals surface area contributed by atoms with Crippen LogP contribution in [0, 0.1) is 11.6 Å². The molecule has 6 heteroatoms. The Morgan fingerprint density at radius 1 is 1.29 bits per heavy atom. The summed E-state index contributed by atoms with van der Waals surface area (Å²) in [5, 5.41) is 0. The van der Waals surface area contributed by atoms with Crippen LogP contribution in [-0.4, -0.2) is 16.5 Å². The van der Waals surface area contributed by atoms with E-state index >= 15 is 0 Å². The molecule has 2 N–H and O–H groups in total. The Labute approximate surface area is 138 Å². The molecule has 0 saturated carbocycles. The molecule has 0 fully saturated rings. The maximum Gasteiger partial charge on any atom is 0.223 e. The van der Waals surface area contributed by atoms with Crippen molar-refractivity contribution in [3.8, 4) is 17.0 Å². The summed E-state index contributed by atoms with van der Waals surface area (Å²) >= 11 is 0. The third-order valence-corrected chi connectivity index (χ3v) is 4.07. The van der Waals surface area contributed by atoms with Gasteiger partial charge < -0.3 is 10.5 Å². The highest BCUT2D eigenvalue weighted by atomic mass is 19.1. The maximum atomic E-state index is 14.3. The van der Waals surface area contributed by atoms with Gasteiger partial charge in [-0.05, 0) is 50.5 Å². The number of nitrogens with zero attached hydrogens (tertiary/aromatic N) is 1. The highest BCUT2D eigenvalue weighted by Gasteiger charge is 2.30. The number of pyridine rings is 1. The fourth-order valence-electron chi connectivity index (χ4n) is 2.88. The quantitative estimate of drug-likeness (QED) is 0.939. The summed E-state index contributed by atoms with van der Waals surface area (Å²) in [7, 11) is 0. The molecule has 0 aliphatic carbocycles. The lowest BCUT2D eigenvalue weighted by Gasteiger charge is -2.33. The molecule has 2 aromatic rings. The van der Waals surface area contributed by atoms with Crippen LogP contribution in [0.15, 0.2) is 24.3 Å². The first-order chi connectivity index (χ1) is 11.2. The third-order valence-electron chi connectivity index (χ3n) is 4.07. The summed E-state index contributed by atoms with van der Waals surface area (Å²) < 4.78 is 33.4. The normalized spacial score (nSPS) is 15.5. The number of fused-ring (bicyclic) bond motifs is 1. The average Bonchev–Trinajstić information content (AvgIpc) is 2.44. The van der Waals surface area contributed by atoms with E-state index in [1.54, 1.807) is 6.07 Å². The Hall–Kier alpha value is -2.50. The minimum atomic E-state index is -0.668. The number of nitrogens with two attached hydrogens (primary N) is 1. The van der Waals surface area contributed by atoms with Crippen LogP contribution in [0.1, 0.15) is 31.5 Å². The Morgan fingerprint density at radius 3 is 2.71 bits per heavy atom. The number of carbonyl (C=O) groups is 1. The van der Waals surface area contributed by atoms with E-state index in [1.807, 2.05) is 13.8 Å². The van der Waals surface area contributed by atoms with Crippen LogP contribution >= 0.6 is 0 Å². The van der Waals surface area contributed by atoms with E-state index in [1.165, 1.54) is 12.1 Å². The van der Waals surface area contributed by atoms with Crippen molar-refractivity contribution in [2.45, 2.75) is 38.7 Å². The van der Waals surface area contributed by atoms with Crippen molar-refractivity contribution in [3.05, 3.63) is 47.2 Å². The van der Waals surface area contributed by atoms with Gasteiger partial charge in [0, 0.05) is 17.2 Å². The number of hydrogen-bond acceptors (Lipinski definition) is 3. The van der Waals surface area contributed by atoms with Crippen molar-refractivity contribution in [2.75, 3.05) is 0 Å². The molecule has 1 aliphatic rings. The number of benzene rings is 1. The third kappa shape index (κ3) is 3.22. The molecule has 0 spiro atoms. The molecule has 0 atom stereocenters. The van der Waals surface area contributed by atoms with Gasteiger partial charge in [-0.3, -0.25) is 4.79 Å². The van der Waals surface area contributed by atoms with Crippen LogP contribution in [-0.2, 0) is 17.6 Å². The predicted octanol–water partition coefficient (Wildman–Crippen LogP) is 3.16. The predicted molar refractivity (Wildman–Crippen MR) is 85.5 cm³/mol. The first kappa shape index (κ1) is 16.4. The van der Waals surface area contributed by atoms with Gasteiger partial charge in [0.05, 0.1) is 12.1 Å². The lowest BCUT2D eigenvalue weighted by atomic mass is 9.90. The smallest absolute Gasteiger partial charge is 0.223 e. The summed E-state index contributed by atoms with van der Waals surface area (Å²) in [5.74, 6) is -1.47. The van der Waals surface area contributed by atoms with E-state index in [0.29, 0.717) is 23.6 Å². The van der Waals surface area contributed by atoms with E-state index < -0.39 is 23.1 Å². The first-order valence-electron chi connectivity index (χ1n) is 7.71. The molecule has 1 aromatic carbocycles. The second-order valence-electron chi connectivity index (χ2n) is 6.57. The monoisotopic (exact) mass is 332 g/mol. The number of halogens is 2. The highest BCUT2D eigenvalue weighted by Crippen LogP contribution is 2.39. The number of ether oxygens (including phenoxy) is 1. The van der Waals surface area contributed by atoms with Crippen molar-refractivity contribution in [3.63, 3.8) is 0 Å². The van der Waals surface area contributed by atoms with Crippen LogP contribution < -0.4 is 10.5 Å². The molecule has 24 heavy (non-hydrogen) atoms. The number of amides is 1. The lowest BCUT2D eigenvalue weighted by molar-refractivity contribution is -0.117. The number of carbonyl (C=O) groups excluding carboxylic acids is 1. The van der Waals surface area contributed by atoms with E-state index in [-0.39, 0.29) is 12.0 Å². The van der Waals surface area contributed by atoms with Gasteiger partial charge in [0.2, 0.25) is 11.8 Å². The Bertz CT molecular complexity index is 819. The summed E-state index contributed by atoms with van der Waals surface area (Å²) in [4.78, 5) is 15.6. The van der Waals surface area contributed by atoms with Gasteiger partial charge in [0.25, 0.3) is 0 Å². The van der Waals surface area contributed by atoms with Gasteiger partial charge in [-0.25, -0.2) is 13.8 Å². The summed E-state index contributed by atoms with van der Waals surface area (Å²) in [6.45, 7) is 3.88. The zero-order valence-electron chi connectivity index (χ0n) is 13.5. The average molecular weight is 332 g/mol. The van der Waals surface area contributed by atoms with Crippen LogP contribution in [0.2, 0.25) is 0 Å². The van der Waals surface area contributed by atoms with Crippen LogP contribution in [0.4, 0.5) is 8.78 Å². The van der Waals surface area contributed by atoms with E-state index in [9.17, 15) is 13.6 Å². The molecule has 1 amide bonds. The van der Waals surface area contributed by atoms with Gasteiger partial charge in [0.15, 0.2) is 0 Å². The van der Waals surface area contributed by atoms with Gasteiger partial charge in [-0.15, -0.1) is 0 Å². The zero-order chi connectivity index (χ0) is 17.5. The Balaban J connectivity index is 2.18. The van der Waals surface area contributed by atoms with E-state index in [4.69, 9.17) is 10.5 Å². The summed E-state index contributed by atoms with van der Waals surface area (Å²) in [6, 6.07) is 5.05. The Morgan fingerprint density at radius 2 is 2.04 bits per heavy atom. The van der Waals surface area contributed by atoms with Crippen molar-refractivity contribution in [2.24, 2.45) is 5.73 Å². The molecular weight excluding hydrogens is 314 g/mol. The second-order valence-corrected chi connectivity index (χ2v) is 6.57. The maximum absolute atomic E-state index is 14.3. The van der Waals surface area contributed by atoms with Gasteiger partial charge in [-0.2, -0.15) is 0 Å². The minimum absolute atomic E-state index is 0.0765. The molecular formula is C18H18F2N2O2. The molecule has 4 nitrogen and oxygen atoms in total. The number of rotatable bonds is 3. The number of hydrogen-bond donors (Lipinski definition) is 1. The molecule has 1 aromatic heterocycles. The highest BCUT2D eigenvalue weighted by molar-refractivity contribution is 5.78. The van der Waals surface area contributed by atoms with Gasteiger partial charge >= 0.3 is 0 Å². The molecule has 0 radical (unpaired) electrons. The first-order valence-corrected chi connectivity index (χ1v) is 7.71. The largest absolute Gasteiger partial charge is 0.471 e. The number of primary amides is 1. The summed E-state index contributed by atoms with van der Waals surface area (Å²) in [5.41, 5.74) is 6.82. The van der Waals surface area contributed by atoms with Gasteiger partial charge in [-0.1, -0.05) is 0 Å². The fourth-order valence-corrected chi connectivity index (χ4v) is 2.88. The molecule has 2 heterocycles. The fraction of sp³-hybridized carbons (Fsp3) is 0.333. The van der Waals surface area contributed by atoms with Crippen LogP contribution in [0.3, 0.4) is 0 Å². The van der Waals surface area contributed by atoms with Crippen LogP contribution in [0.25, 0.3) is 11.1 Å². The van der Waals surface area contributed by atoms with Crippen molar-refractivity contribution >= 4 is 5.91 Å². The second kappa shape index (κ2) is 5.85. The topological polar surface area (TPSA) is 65.2 Å². The molecule has 0 bridgehead atoms. The standard InChI is InChI=1S/C18H18F2N2O2/c1-18(2)6-5-13-14(12-4-3-10(19)7-15(12)20)8-11(9-16(21)23)22-17(13)24-18/h3-4,7-8H,5-6,9H2,1-2H3,(H2,21,23). The molecule has 3 rings (SSSR count). The lowest BCUT2D eigenvalue weighted by Crippen LogP contribution is -2.33. The van der Waals surface area contributed by atoms with E-state index in [2.05, 4.69) is 4.98 Å². The molecule has 126 valence electrons. The minimum Gasteiger partial charge on any atom is -0.471 e. The van der Waals surface area contributed by atoms with Crippen molar-refractivity contribution in [1.29, 1.82) is 0 Å². The van der Waals surface area contributed by atoms with Crippen molar-refractivity contribution in [1.82, 2.24) is 4.98 Å². The van der Waals surface area contributed by atoms with E-state index in [0.717, 1.165) is 18.1 Å². The molecule has 0 saturated heterocycles. The van der Waals surface area contributed by atoms with Gasteiger partial charge in [0.1, 0.15) is 17.2 Å². The van der Waals surface area contributed by atoms with Crippen LogP contribution in [0.5, 0.6) is 5.88 Å². The Kier molecular flexibility index (Phi) is 3.99. The molecule has 1 aliphatic heterocycles. The SMILES string of the molecule is CC1(C)CCc2c(-c3ccc(F)cc3F)cc(CC(N)=O)nc2O1. The summed E-state index contributed by atoms with van der Waals surface area (Å²) in [6.07, 6.45) is 1.32. The van der Waals surface area contributed by atoms with Crippen molar-refractivity contribution < 1.29 is 18.3 Å². The zero-order valence-corrected chi connectivity index (χ0v) is 13.5. The number of aromatic nitrogens is 1. The molecule has 0 unspecified atom stereocenters.